The van der Waals surface area contributed by atoms with Crippen molar-refractivity contribution in [1.82, 2.24) is 10.6 Å². The van der Waals surface area contributed by atoms with E-state index in [1.807, 2.05) is 32.2 Å². The van der Waals surface area contributed by atoms with Gasteiger partial charge in [0.05, 0.1) is 0 Å². The summed E-state index contributed by atoms with van der Waals surface area (Å²) in [5.41, 5.74) is 1.00. The average Bonchev–Trinajstić information content (AvgIpc) is 2.45. The van der Waals surface area contributed by atoms with Gasteiger partial charge in [-0.3, -0.25) is 4.79 Å². The number of halogens is 1. The number of amides is 1. The van der Waals surface area contributed by atoms with Crippen LogP contribution in [0.5, 0.6) is 5.75 Å². The first-order valence-corrected chi connectivity index (χ1v) is 7.30. The molecule has 0 saturated carbocycles. The summed E-state index contributed by atoms with van der Waals surface area (Å²) in [4.78, 5) is 11.8. The van der Waals surface area contributed by atoms with Crippen LogP contribution in [0.1, 0.15) is 25.5 Å². The minimum atomic E-state index is -0.557. The van der Waals surface area contributed by atoms with Crippen molar-refractivity contribution >= 4 is 21.8 Å². The zero-order valence-corrected chi connectivity index (χ0v) is 13.7. The number of ether oxygens (including phenoxy) is 1. The van der Waals surface area contributed by atoms with E-state index in [2.05, 4.69) is 33.1 Å². The summed E-state index contributed by atoms with van der Waals surface area (Å²) in [5.74, 6) is 0.548. The Kier molecular flexibility index (Phi) is 6.75. The molecule has 0 aliphatic heterocycles. The molecule has 20 heavy (non-hydrogen) atoms. The van der Waals surface area contributed by atoms with Gasteiger partial charge in [-0.1, -0.05) is 22.0 Å². The van der Waals surface area contributed by atoms with Crippen LogP contribution in [-0.2, 0) is 4.79 Å². The summed E-state index contributed by atoms with van der Waals surface area (Å²) in [6.07, 6.45) is 1.08. The predicted molar refractivity (Wildman–Crippen MR) is 84.9 cm³/mol. The first-order chi connectivity index (χ1) is 9.49. The third-order valence-electron chi connectivity index (χ3n) is 2.96. The van der Waals surface area contributed by atoms with Crippen LogP contribution in [0.15, 0.2) is 35.3 Å². The molecule has 2 N–H and O–H groups in total. The third kappa shape index (κ3) is 4.65. The molecule has 0 bridgehead atoms. The van der Waals surface area contributed by atoms with Gasteiger partial charge in [0, 0.05) is 22.6 Å². The molecule has 1 aromatic rings. The molecule has 1 rings (SSSR count). The van der Waals surface area contributed by atoms with E-state index in [-0.39, 0.29) is 11.9 Å². The Morgan fingerprint density at radius 1 is 1.50 bits per heavy atom. The SMILES string of the molecule is C=CCNC(=O)C(C)Oc1ccc(Br)cc1C(C)NC. The third-order valence-corrected chi connectivity index (χ3v) is 3.46. The van der Waals surface area contributed by atoms with E-state index in [1.165, 1.54) is 0 Å². The molecule has 4 nitrogen and oxygen atoms in total. The number of carbonyl (C=O) groups excluding carboxylic acids is 1. The molecular weight excluding hydrogens is 320 g/mol. The zero-order chi connectivity index (χ0) is 15.1. The Hall–Kier alpha value is -1.33. The van der Waals surface area contributed by atoms with E-state index in [0.29, 0.717) is 12.3 Å². The highest BCUT2D eigenvalue weighted by molar-refractivity contribution is 9.10. The van der Waals surface area contributed by atoms with Gasteiger partial charge in [0.2, 0.25) is 0 Å². The molecule has 0 spiro atoms. The van der Waals surface area contributed by atoms with Gasteiger partial charge in [-0.25, -0.2) is 0 Å². The van der Waals surface area contributed by atoms with Crippen LogP contribution in [0.25, 0.3) is 0 Å². The fraction of sp³-hybridized carbons (Fsp3) is 0.400. The first kappa shape index (κ1) is 16.7. The van der Waals surface area contributed by atoms with E-state index in [9.17, 15) is 4.79 Å². The Bertz CT molecular complexity index is 477. The highest BCUT2D eigenvalue weighted by Gasteiger charge is 2.17. The van der Waals surface area contributed by atoms with Crippen LogP contribution < -0.4 is 15.4 Å². The van der Waals surface area contributed by atoms with Crippen LogP contribution >= 0.6 is 15.9 Å². The van der Waals surface area contributed by atoms with Crippen molar-refractivity contribution < 1.29 is 9.53 Å². The lowest BCUT2D eigenvalue weighted by Gasteiger charge is -2.20. The lowest BCUT2D eigenvalue weighted by molar-refractivity contribution is -0.127. The van der Waals surface area contributed by atoms with Gasteiger partial charge >= 0.3 is 0 Å². The number of rotatable bonds is 7. The molecule has 110 valence electrons. The quantitative estimate of drug-likeness (QED) is 0.750. The van der Waals surface area contributed by atoms with E-state index in [0.717, 1.165) is 10.0 Å². The van der Waals surface area contributed by atoms with Gasteiger partial charge in [0.1, 0.15) is 5.75 Å². The van der Waals surface area contributed by atoms with Crippen molar-refractivity contribution in [2.24, 2.45) is 0 Å². The van der Waals surface area contributed by atoms with Gasteiger partial charge in [0.25, 0.3) is 5.91 Å². The molecule has 1 amide bonds. The minimum absolute atomic E-state index is 0.130. The molecule has 5 heteroatoms. The maximum Gasteiger partial charge on any atom is 0.261 e. The zero-order valence-electron chi connectivity index (χ0n) is 12.1. The number of carbonyl (C=O) groups is 1. The summed E-state index contributed by atoms with van der Waals surface area (Å²) in [5, 5.41) is 5.89. The van der Waals surface area contributed by atoms with E-state index >= 15 is 0 Å². The summed E-state index contributed by atoms with van der Waals surface area (Å²) in [7, 11) is 1.88. The molecule has 2 unspecified atom stereocenters. The maximum atomic E-state index is 11.8. The maximum absolute atomic E-state index is 11.8. The second kappa shape index (κ2) is 8.07. The van der Waals surface area contributed by atoms with Gasteiger partial charge in [-0.05, 0) is 39.1 Å². The fourth-order valence-electron chi connectivity index (χ4n) is 1.68. The topological polar surface area (TPSA) is 50.4 Å². The number of hydrogen-bond acceptors (Lipinski definition) is 3. The van der Waals surface area contributed by atoms with Crippen LogP contribution in [0.4, 0.5) is 0 Å². The van der Waals surface area contributed by atoms with Crippen molar-refractivity contribution in [2.45, 2.75) is 26.0 Å². The largest absolute Gasteiger partial charge is 0.481 e. The molecule has 0 heterocycles. The van der Waals surface area contributed by atoms with Gasteiger partial charge in [-0.15, -0.1) is 6.58 Å². The standard InChI is InChI=1S/C15H21BrN2O2/c1-5-8-18-15(19)11(3)20-14-7-6-12(16)9-13(14)10(2)17-4/h5-7,9-11,17H,1,8H2,2-4H3,(H,18,19). The Morgan fingerprint density at radius 2 is 2.20 bits per heavy atom. The fourth-order valence-corrected chi connectivity index (χ4v) is 2.06. The lowest BCUT2D eigenvalue weighted by Crippen LogP contribution is -2.36. The molecule has 0 saturated heterocycles. The minimum Gasteiger partial charge on any atom is -0.481 e. The number of hydrogen-bond donors (Lipinski definition) is 2. The smallest absolute Gasteiger partial charge is 0.261 e. The van der Waals surface area contributed by atoms with Crippen molar-refractivity contribution in [3.8, 4) is 5.75 Å². The molecule has 0 aliphatic carbocycles. The van der Waals surface area contributed by atoms with Crippen molar-refractivity contribution in [3.05, 3.63) is 40.9 Å². The summed E-state index contributed by atoms with van der Waals surface area (Å²) in [6, 6.07) is 5.89. The van der Waals surface area contributed by atoms with E-state index in [1.54, 1.807) is 13.0 Å². The van der Waals surface area contributed by atoms with Crippen molar-refractivity contribution in [2.75, 3.05) is 13.6 Å². The molecule has 0 fully saturated rings. The van der Waals surface area contributed by atoms with Crippen LogP contribution in [0.2, 0.25) is 0 Å². The highest BCUT2D eigenvalue weighted by atomic mass is 79.9. The summed E-state index contributed by atoms with van der Waals surface area (Å²) < 4.78 is 6.75. The molecule has 0 aliphatic rings. The van der Waals surface area contributed by atoms with Crippen LogP contribution in [-0.4, -0.2) is 25.6 Å². The normalized spacial score (nSPS) is 13.4. The first-order valence-electron chi connectivity index (χ1n) is 6.51. The number of nitrogens with one attached hydrogen (secondary N) is 2. The molecule has 2 atom stereocenters. The van der Waals surface area contributed by atoms with Gasteiger partial charge < -0.3 is 15.4 Å². The average molecular weight is 341 g/mol. The summed E-state index contributed by atoms with van der Waals surface area (Å²) in [6.45, 7) is 7.77. The van der Waals surface area contributed by atoms with Gasteiger partial charge in [0.15, 0.2) is 6.10 Å². The Labute approximate surface area is 128 Å². The van der Waals surface area contributed by atoms with E-state index < -0.39 is 6.10 Å². The van der Waals surface area contributed by atoms with Crippen molar-refractivity contribution in [1.29, 1.82) is 0 Å². The monoisotopic (exact) mass is 340 g/mol. The van der Waals surface area contributed by atoms with Crippen LogP contribution in [0, 0.1) is 0 Å². The lowest BCUT2D eigenvalue weighted by atomic mass is 10.1. The second-order valence-corrected chi connectivity index (χ2v) is 5.40. The highest BCUT2D eigenvalue weighted by Crippen LogP contribution is 2.29. The van der Waals surface area contributed by atoms with Crippen molar-refractivity contribution in [3.63, 3.8) is 0 Å². The molecule has 1 aromatic carbocycles. The van der Waals surface area contributed by atoms with Crippen LogP contribution in [0.3, 0.4) is 0 Å². The Balaban J connectivity index is 2.85. The second-order valence-electron chi connectivity index (χ2n) is 4.49. The van der Waals surface area contributed by atoms with E-state index in [4.69, 9.17) is 4.74 Å². The predicted octanol–water partition coefficient (Wildman–Crippen LogP) is 2.80. The molecular formula is C15H21BrN2O2. The number of benzene rings is 1. The van der Waals surface area contributed by atoms with Gasteiger partial charge in [-0.2, -0.15) is 0 Å². The molecule has 0 radical (unpaired) electrons. The Morgan fingerprint density at radius 3 is 2.80 bits per heavy atom. The summed E-state index contributed by atoms with van der Waals surface area (Å²) >= 11 is 3.45. The molecule has 0 aromatic heterocycles.